The molecule has 0 bridgehead atoms. The minimum absolute atomic E-state index is 0.146. The Morgan fingerprint density at radius 3 is 2.19 bits per heavy atom. The fourth-order valence-corrected chi connectivity index (χ4v) is 6.21. The van der Waals surface area contributed by atoms with Gasteiger partial charge in [0.25, 0.3) is 0 Å². The van der Waals surface area contributed by atoms with Gasteiger partial charge in [-0.2, -0.15) is 0 Å². The van der Waals surface area contributed by atoms with Gasteiger partial charge in [0, 0.05) is 25.2 Å². The van der Waals surface area contributed by atoms with Crippen LogP contribution in [-0.4, -0.2) is 77.8 Å². The van der Waals surface area contributed by atoms with E-state index in [1.54, 1.807) is 56.0 Å². The average molecular weight is 654 g/mol. The Labute approximate surface area is 283 Å². The fraction of sp³-hybridized carbons (Fsp3) is 0.410. The molecule has 2 aliphatic heterocycles. The van der Waals surface area contributed by atoms with Gasteiger partial charge in [0.1, 0.15) is 12.1 Å². The lowest BCUT2D eigenvalue weighted by molar-refractivity contribution is -0.164. The van der Waals surface area contributed by atoms with Crippen molar-refractivity contribution in [3.05, 3.63) is 113 Å². The number of benzene rings is 3. The van der Waals surface area contributed by atoms with Crippen molar-refractivity contribution in [2.24, 2.45) is 5.92 Å². The molecule has 2 N–H and O–H groups in total. The topological polar surface area (TPSA) is 108 Å². The molecule has 9 heteroatoms. The highest BCUT2D eigenvalue weighted by molar-refractivity contribution is 5.86. The fourth-order valence-electron chi connectivity index (χ4n) is 6.21. The van der Waals surface area contributed by atoms with E-state index in [1.165, 1.54) is 5.56 Å². The van der Waals surface area contributed by atoms with Crippen molar-refractivity contribution >= 4 is 23.5 Å². The maximum atomic E-state index is 13.8. The van der Waals surface area contributed by atoms with Crippen molar-refractivity contribution in [2.75, 3.05) is 39.3 Å². The first-order chi connectivity index (χ1) is 23.0. The van der Waals surface area contributed by atoms with Crippen LogP contribution in [0.15, 0.2) is 91.0 Å². The van der Waals surface area contributed by atoms with E-state index in [0.717, 1.165) is 43.6 Å². The van der Waals surface area contributed by atoms with E-state index in [0.29, 0.717) is 30.6 Å². The summed E-state index contributed by atoms with van der Waals surface area (Å²) >= 11 is 0. The number of ether oxygens (including phenoxy) is 2. The standard InChI is InChI=1S/C39H47N3O6/c1-38(2,3)48-37(45)40-26-35(43)42-23-19-31(20-24-42)32-13-10-16-34(25-32)39(46,33-14-8-5-9-15-33)36(44)47-28-30-17-21-41(22-18-30)27-29-11-6-4-7-12-29/h4-16,19,25,30,46H,17-18,20-24,26-28H2,1-3H3,(H,40,45)/t39-/m0/s1. The smallest absolute Gasteiger partial charge is 0.408 e. The maximum Gasteiger partial charge on any atom is 0.408 e. The summed E-state index contributed by atoms with van der Waals surface area (Å²) in [6.45, 7) is 9.03. The highest BCUT2D eigenvalue weighted by Crippen LogP contribution is 2.34. The summed E-state index contributed by atoms with van der Waals surface area (Å²) in [5.41, 5.74) is 1.39. The third-order valence-electron chi connectivity index (χ3n) is 8.89. The molecule has 2 aliphatic rings. The maximum absolute atomic E-state index is 13.8. The molecule has 9 nitrogen and oxygen atoms in total. The Kier molecular flexibility index (Phi) is 11.3. The lowest BCUT2D eigenvalue weighted by Crippen LogP contribution is -2.43. The molecular weight excluding hydrogens is 606 g/mol. The van der Waals surface area contributed by atoms with E-state index in [1.807, 2.05) is 36.4 Å². The van der Waals surface area contributed by atoms with Crippen LogP contribution in [0.1, 0.15) is 62.3 Å². The zero-order chi connectivity index (χ0) is 34.1. The number of rotatable bonds is 10. The van der Waals surface area contributed by atoms with Crippen LogP contribution >= 0.6 is 0 Å². The van der Waals surface area contributed by atoms with E-state index in [4.69, 9.17) is 9.47 Å². The summed E-state index contributed by atoms with van der Waals surface area (Å²) < 4.78 is 11.1. The van der Waals surface area contributed by atoms with Crippen LogP contribution in [0.2, 0.25) is 0 Å². The molecule has 1 atom stereocenters. The third-order valence-corrected chi connectivity index (χ3v) is 8.89. The highest BCUT2D eigenvalue weighted by Gasteiger charge is 2.42. The molecule has 2 heterocycles. The zero-order valence-electron chi connectivity index (χ0n) is 28.2. The number of esters is 1. The van der Waals surface area contributed by atoms with Gasteiger partial charge in [-0.1, -0.05) is 84.9 Å². The first kappa shape index (κ1) is 34.9. The molecular formula is C39H47N3O6. The summed E-state index contributed by atoms with van der Waals surface area (Å²) in [5.74, 6) is -0.665. The van der Waals surface area contributed by atoms with Crippen molar-refractivity contribution in [3.63, 3.8) is 0 Å². The number of carbonyl (C=O) groups excluding carboxylic acids is 3. The number of hydrogen-bond donors (Lipinski definition) is 2. The minimum Gasteiger partial charge on any atom is -0.463 e. The van der Waals surface area contributed by atoms with E-state index in [2.05, 4.69) is 34.5 Å². The molecule has 0 aromatic heterocycles. The van der Waals surface area contributed by atoms with Gasteiger partial charge in [0.15, 0.2) is 0 Å². The molecule has 1 saturated heterocycles. The first-order valence-corrected chi connectivity index (χ1v) is 16.8. The minimum atomic E-state index is -1.99. The molecule has 3 aromatic carbocycles. The molecule has 0 saturated carbocycles. The summed E-state index contributed by atoms with van der Waals surface area (Å²) in [6.07, 6.45) is 3.76. The second kappa shape index (κ2) is 15.6. The number of amides is 2. The Hall–Kier alpha value is -4.47. The Balaban J connectivity index is 1.22. The van der Waals surface area contributed by atoms with E-state index >= 15 is 0 Å². The predicted molar refractivity (Wildman–Crippen MR) is 185 cm³/mol. The number of aliphatic hydroxyl groups is 1. The highest BCUT2D eigenvalue weighted by atomic mass is 16.6. The van der Waals surface area contributed by atoms with Crippen LogP contribution < -0.4 is 5.32 Å². The zero-order valence-corrected chi connectivity index (χ0v) is 28.2. The van der Waals surface area contributed by atoms with E-state index < -0.39 is 23.3 Å². The number of nitrogens with one attached hydrogen (secondary N) is 1. The van der Waals surface area contributed by atoms with Crippen molar-refractivity contribution in [3.8, 4) is 0 Å². The quantitative estimate of drug-likeness (QED) is 0.278. The molecule has 254 valence electrons. The van der Waals surface area contributed by atoms with Gasteiger partial charge in [0.05, 0.1) is 6.61 Å². The van der Waals surface area contributed by atoms with Crippen LogP contribution in [0, 0.1) is 5.92 Å². The van der Waals surface area contributed by atoms with Gasteiger partial charge in [-0.15, -0.1) is 0 Å². The van der Waals surface area contributed by atoms with Gasteiger partial charge in [-0.25, -0.2) is 9.59 Å². The van der Waals surface area contributed by atoms with Crippen molar-refractivity contribution in [1.82, 2.24) is 15.1 Å². The third kappa shape index (κ3) is 9.11. The predicted octanol–water partition coefficient (Wildman–Crippen LogP) is 5.52. The summed E-state index contributed by atoms with van der Waals surface area (Å²) in [5, 5.41) is 14.7. The van der Waals surface area contributed by atoms with Crippen molar-refractivity contribution in [1.29, 1.82) is 0 Å². The van der Waals surface area contributed by atoms with Crippen LogP contribution in [0.4, 0.5) is 4.79 Å². The van der Waals surface area contributed by atoms with Gasteiger partial charge in [0.2, 0.25) is 11.5 Å². The van der Waals surface area contributed by atoms with Gasteiger partial charge >= 0.3 is 12.1 Å². The number of carbonyl (C=O) groups is 3. The van der Waals surface area contributed by atoms with Crippen LogP contribution in [0.25, 0.3) is 5.57 Å². The molecule has 1 fully saturated rings. The Bertz CT molecular complexity index is 1580. The van der Waals surface area contributed by atoms with E-state index in [9.17, 15) is 19.5 Å². The average Bonchev–Trinajstić information content (AvgIpc) is 3.10. The number of likely N-dealkylation sites (tertiary alicyclic amines) is 1. The molecule has 0 unspecified atom stereocenters. The molecule has 2 amide bonds. The van der Waals surface area contributed by atoms with Crippen LogP contribution in [0.5, 0.6) is 0 Å². The summed E-state index contributed by atoms with van der Waals surface area (Å²) in [7, 11) is 0. The Morgan fingerprint density at radius 2 is 1.54 bits per heavy atom. The number of hydrogen-bond acceptors (Lipinski definition) is 7. The molecule has 0 spiro atoms. The normalized spacial score (nSPS) is 17.2. The summed E-state index contributed by atoms with van der Waals surface area (Å²) in [6, 6.07) is 26.7. The SMILES string of the molecule is CC(C)(C)OC(=O)NCC(=O)N1CC=C(c2cccc([C@](O)(C(=O)OCC3CCN(Cc4ccccc4)CC3)c3ccccc3)c2)CC1. The second-order valence-electron chi connectivity index (χ2n) is 13.6. The van der Waals surface area contributed by atoms with Gasteiger partial charge in [-0.3, -0.25) is 9.69 Å². The van der Waals surface area contributed by atoms with Crippen molar-refractivity contribution < 1.29 is 29.0 Å². The van der Waals surface area contributed by atoms with Crippen LogP contribution in [-0.2, 0) is 31.2 Å². The largest absolute Gasteiger partial charge is 0.463 e. The monoisotopic (exact) mass is 653 g/mol. The van der Waals surface area contributed by atoms with Gasteiger partial charge in [-0.05, 0) is 87.4 Å². The second-order valence-corrected chi connectivity index (χ2v) is 13.6. The van der Waals surface area contributed by atoms with Gasteiger partial charge < -0.3 is 24.8 Å². The molecule has 5 rings (SSSR count). The summed E-state index contributed by atoms with van der Waals surface area (Å²) in [4.78, 5) is 42.6. The molecule has 0 radical (unpaired) electrons. The number of nitrogens with zero attached hydrogens (tertiary/aromatic N) is 2. The molecule has 0 aliphatic carbocycles. The number of piperidine rings is 1. The van der Waals surface area contributed by atoms with Crippen molar-refractivity contribution in [2.45, 2.75) is 57.8 Å². The Morgan fingerprint density at radius 1 is 0.875 bits per heavy atom. The first-order valence-electron chi connectivity index (χ1n) is 16.8. The molecule has 48 heavy (non-hydrogen) atoms. The molecule has 3 aromatic rings. The van der Waals surface area contributed by atoms with E-state index in [-0.39, 0.29) is 25.0 Å². The lowest BCUT2D eigenvalue weighted by Gasteiger charge is -2.33. The van der Waals surface area contributed by atoms with Crippen LogP contribution in [0.3, 0.4) is 0 Å². The number of alkyl carbamates (subject to hydrolysis) is 1. The lowest BCUT2D eigenvalue weighted by atomic mass is 9.84.